The third-order valence-corrected chi connectivity index (χ3v) is 6.16. The van der Waals surface area contributed by atoms with Crippen molar-refractivity contribution in [2.75, 3.05) is 12.0 Å². The minimum atomic E-state index is -0.164. The second-order valence-corrected chi connectivity index (χ2v) is 8.27. The van der Waals surface area contributed by atoms with Crippen LogP contribution in [0.5, 0.6) is 5.75 Å². The third-order valence-electron chi connectivity index (χ3n) is 5.61. The van der Waals surface area contributed by atoms with Gasteiger partial charge in [0.2, 0.25) is 0 Å². The van der Waals surface area contributed by atoms with Crippen LogP contribution in [0.4, 0.5) is 5.69 Å². The molecular weight excluding hydrogens is 440 g/mol. The number of rotatable bonds is 5. The highest BCUT2D eigenvalue weighted by Crippen LogP contribution is 2.44. The van der Waals surface area contributed by atoms with E-state index in [0.29, 0.717) is 10.1 Å². The van der Waals surface area contributed by atoms with E-state index in [1.54, 1.807) is 13.3 Å². The number of hydrogen-bond acceptors (Lipinski definition) is 3. The van der Waals surface area contributed by atoms with E-state index in [4.69, 9.17) is 28.6 Å². The summed E-state index contributed by atoms with van der Waals surface area (Å²) in [5, 5.41) is 4.80. The number of aromatic nitrogens is 2. The molecule has 0 spiro atoms. The molecule has 4 aromatic rings. The maximum absolute atomic E-state index is 6.30. The van der Waals surface area contributed by atoms with Gasteiger partial charge in [-0.1, -0.05) is 35.9 Å². The first kappa shape index (κ1) is 20.5. The Morgan fingerprint density at radius 2 is 1.84 bits per heavy atom. The van der Waals surface area contributed by atoms with Crippen LogP contribution in [0.15, 0.2) is 91.3 Å². The molecule has 2 aromatic carbocycles. The van der Waals surface area contributed by atoms with Crippen molar-refractivity contribution >= 4 is 34.6 Å². The quantitative estimate of drug-likeness (QED) is 0.386. The summed E-state index contributed by atoms with van der Waals surface area (Å²) in [5.74, 6) is 0.754. The van der Waals surface area contributed by atoms with Crippen LogP contribution in [0.2, 0.25) is 5.02 Å². The lowest BCUT2D eigenvalue weighted by molar-refractivity contribution is 0.414. The Hall–Kier alpha value is -3.35. The number of thiocarbonyl (C=S) groups is 1. The average molecular weight is 461 g/mol. The summed E-state index contributed by atoms with van der Waals surface area (Å²) >= 11 is 12.1. The Morgan fingerprint density at radius 3 is 2.62 bits per heavy atom. The lowest BCUT2D eigenvalue weighted by Gasteiger charge is -2.30. The number of methoxy groups -OCH3 is 1. The number of nitrogens with one attached hydrogen (secondary N) is 1. The molecule has 0 radical (unpaired) electrons. The van der Waals surface area contributed by atoms with E-state index in [-0.39, 0.29) is 12.1 Å². The summed E-state index contributed by atoms with van der Waals surface area (Å²) in [7, 11) is 1.67. The van der Waals surface area contributed by atoms with Gasteiger partial charge < -0.3 is 19.5 Å². The molecule has 7 heteroatoms. The fourth-order valence-electron chi connectivity index (χ4n) is 4.24. The van der Waals surface area contributed by atoms with E-state index < -0.39 is 0 Å². The lowest BCUT2D eigenvalue weighted by Crippen LogP contribution is -2.30. The number of benzene rings is 2. The minimum Gasteiger partial charge on any atom is -0.495 e. The van der Waals surface area contributed by atoms with Crippen LogP contribution in [0.3, 0.4) is 0 Å². The molecule has 1 saturated heterocycles. The fourth-order valence-corrected chi connectivity index (χ4v) is 4.76. The molecule has 0 aliphatic carbocycles. The zero-order valence-corrected chi connectivity index (χ0v) is 18.9. The van der Waals surface area contributed by atoms with Gasteiger partial charge >= 0.3 is 0 Å². The molecule has 0 saturated carbocycles. The van der Waals surface area contributed by atoms with Gasteiger partial charge in [0.05, 0.1) is 24.5 Å². The first-order valence-electron chi connectivity index (χ1n) is 10.2. The van der Waals surface area contributed by atoms with Gasteiger partial charge in [-0.25, -0.2) is 0 Å². The Morgan fingerprint density at radius 1 is 1.00 bits per heavy atom. The van der Waals surface area contributed by atoms with Crippen molar-refractivity contribution in [1.29, 1.82) is 0 Å². The molecule has 1 N–H and O–H groups in total. The molecular formula is C25H21ClN4OS. The number of halogens is 1. The van der Waals surface area contributed by atoms with Gasteiger partial charge in [-0.3, -0.25) is 4.98 Å². The number of anilines is 1. The Kier molecular flexibility index (Phi) is 5.55. The van der Waals surface area contributed by atoms with Crippen LogP contribution in [0.25, 0.3) is 5.69 Å². The van der Waals surface area contributed by atoms with Gasteiger partial charge in [0, 0.05) is 28.8 Å². The molecule has 32 heavy (non-hydrogen) atoms. The van der Waals surface area contributed by atoms with Crippen molar-refractivity contribution < 1.29 is 4.74 Å². The zero-order chi connectivity index (χ0) is 22.1. The van der Waals surface area contributed by atoms with Gasteiger partial charge in [-0.05, 0) is 66.8 Å². The molecule has 1 fully saturated rings. The average Bonchev–Trinajstić information content (AvgIpc) is 3.44. The molecule has 5 nitrogen and oxygen atoms in total. The second-order valence-electron chi connectivity index (χ2n) is 7.45. The summed E-state index contributed by atoms with van der Waals surface area (Å²) < 4.78 is 7.82. The molecule has 0 bridgehead atoms. The van der Waals surface area contributed by atoms with E-state index >= 15 is 0 Å². The molecule has 160 valence electrons. The fraction of sp³-hybridized carbons (Fsp3) is 0.120. The van der Waals surface area contributed by atoms with Crippen LogP contribution in [0.1, 0.15) is 23.5 Å². The first-order chi connectivity index (χ1) is 15.7. The number of para-hydroxylation sites is 2. The predicted molar refractivity (Wildman–Crippen MR) is 132 cm³/mol. The van der Waals surface area contributed by atoms with E-state index in [9.17, 15) is 0 Å². The van der Waals surface area contributed by atoms with Gasteiger partial charge in [0.1, 0.15) is 11.8 Å². The summed E-state index contributed by atoms with van der Waals surface area (Å²) in [6.45, 7) is 0. The van der Waals surface area contributed by atoms with Crippen molar-refractivity contribution in [3.8, 4) is 11.4 Å². The van der Waals surface area contributed by atoms with E-state index in [0.717, 1.165) is 28.5 Å². The molecule has 5 rings (SSSR count). The maximum atomic E-state index is 6.30. The van der Waals surface area contributed by atoms with E-state index in [1.165, 1.54) is 0 Å². The molecule has 0 amide bonds. The van der Waals surface area contributed by atoms with Gasteiger partial charge in [-0.15, -0.1) is 0 Å². The molecule has 2 atom stereocenters. The lowest BCUT2D eigenvalue weighted by atomic mass is 10.0. The summed E-state index contributed by atoms with van der Waals surface area (Å²) in [6.07, 6.45) is 3.84. The molecule has 1 aliphatic rings. The molecule has 1 aliphatic heterocycles. The van der Waals surface area contributed by atoms with Crippen LogP contribution in [0, 0.1) is 0 Å². The van der Waals surface area contributed by atoms with Crippen molar-refractivity contribution in [3.63, 3.8) is 0 Å². The Labute approximate surface area is 197 Å². The van der Waals surface area contributed by atoms with Gasteiger partial charge in [0.15, 0.2) is 5.11 Å². The summed E-state index contributed by atoms with van der Waals surface area (Å²) in [4.78, 5) is 6.75. The third kappa shape index (κ3) is 3.61. The Bertz CT molecular complexity index is 1260. The number of ether oxygens (including phenoxy) is 1. The first-order valence-corrected chi connectivity index (χ1v) is 11.0. The van der Waals surface area contributed by atoms with Crippen LogP contribution >= 0.6 is 23.8 Å². The zero-order valence-electron chi connectivity index (χ0n) is 17.4. The van der Waals surface area contributed by atoms with Gasteiger partial charge in [-0.2, -0.15) is 0 Å². The SMILES string of the molecule is COc1ccccc1N1C(=S)N[C@@H](c2ccccn2)[C@H]1c1cccn1-c1cccc(Cl)c1. The van der Waals surface area contributed by atoms with Crippen molar-refractivity contribution in [2.24, 2.45) is 0 Å². The standard InChI is InChI=1S/C25H21ClN4OS/c1-31-22-13-3-2-11-20(22)30-24(23(28-25(30)32)19-10-4-5-14-27-19)21-12-7-15-29(21)18-9-6-8-17(26)16-18/h2-16,23-24H,1H3,(H,28,32)/t23-,24+/m0/s1. The Balaban J connectivity index is 1.70. The molecule has 2 aromatic heterocycles. The van der Waals surface area contributed by atoms with Crippen molar-refractivity contribution in [3.05, 3.63) is 108 Å². The van der Waals surface area contributed by atoms with Crippen LogP contribution in [-0.4, -0.2) is 21.8 Å². The van der Waals surface area contributed by atoms with Crippen LogP contribution < -0.4 is 15.0 Å². The van der Waals surface area contributed by atoms with Crippen molar-refractivity contribution in [2.45, 2.75) is 12.1 Å². The minimum absolute atomic E-state index is 0.151. The smallest absolute Gasteiger partial charge is 0.174 e. The van der Waals surface area contributed by atoms with Gasteiger partial charge in [0.25, 0.3) is 0 Å². The van der Waals surface area contributed by atoms with E-state index in [2.05, 4.69) is 25.8 Å². The topological polar surface area (TPSA) is 42.3 Å². The van der Waals surface area contributed by atoms with E-state index in [1.807, 2.05) is 79.0 Å². The highest BCUT2D eigenvalue weighted by molar-refractivity contribution is 7.80. The number of hydrogen-bond donors (Lipinski definition) is 1. The summed E-state index contributed by atoms with van der Waals surface area (Å²) in [6, 6.07) is 25.5. The number of pyridine rings is 1. The predicted octanol–water partition coefficient (Wildman–Crippen LogP) is 5.71. The maximum Gasteiger partial charge on any atom is 0.174 e. The molecule has 3 heterocycles. The number of nitrogens with zero attached hydrogens (tertiary/aromatic N) is 3. The highest BCUT2D eigenvalue weighted by Gasteiger charge is 2.43. The van der Waals surface area contributed by atoms with Crippen LogP contribution in [-0.2, 0) is 0 Å². The normalized spacial score (nSPS) is 17.9. The summed E-state index contributed by atoms with van der Waals surface area (Å²) in [5.41, 5.74) is 3.85. The monoisotopic (exact) mass is 460 g/mol. The largest absolute Gasteiger partial charge is 0.495 e. The second kappa shape index (κ2) is 8.65. The highest BCUT2D eigenvalue weighted by atomic mass is 35.5. The molecule has 0 unspecified atom stereocenters. The van der Waals surface area contributed by atoms with Crippen molar-refractivity contribution in [1.82, 2.24) is 14.9 Å².